The summed E-state index contributed by atoms with van der Waals surface area (Å²) in [5.74, 6) is -1.48. The van der Waals surface area contributed by atoms with Gasteiger partial charge in [-0.25, -0.2) is 4.39 Å². The number of anilines is 1. The maximum atomic E-state index is 14.8. The van der Waals surface area contributed by atoms with E-state index < -0.39 is 11.7 Å². The third-order valence-corrected chi connectivity index (χ3v) is 8.35. The van der Waals surface area contributed by atoms with Crippen LogP contribution in [0.5, 0.6) is 0 Å². The fourth-order valence-electron chi connectivity index (χ4n) is 5.32. The zero-order valence-electron chi connectivity index (χ0n) is 17.5. The molecule has 0 saturated carbocycles. The van der Waals surface area contributed by atoms with Gasteiger partial charge in [-0.15, -0.1) is 11.3 Å². The molecule has 0 spiro atoms. The van der Waals surface area contributed by atoms with E-state index in [-0.39, 0.29) is 28.7 Å². The fraction of sp³-hybridized carbons (Fsp3) is 0.400. The minimum atomic E-state index is -0.696. The molecule has 0 bridgehead atoms. The van der Waals surface area contributed by atoms with E-state index >= 15 is 0 Å². The van der Waals surface area contributed by atoms with Crippen molar-refractivity contribution in [3.63, 3.8) is 0 Å². The van der Waals surface area contributed by atoms with Gasteiger partial charge >= 0.3 is 0 Å². The average molecular weight is 469 g/mol. The Hall–Kier alpha value is -2.49. The van der Waals surface area contributed by atoms with Crippen LogP contribution in [0, 0.1) is 17.1 Å². The van der Waals surface area contributed by atoms with Gasteiger partial charge in [-0.05, 0) is 56.2 Å². The lowest BCUT2D eigenvalue weighted by Gasteiger charge is -2.38. The summed E-state index contributed by atoms with van der Waals surface area (Å²) in [5, 5.41) is 10.8. The molecule has 0 radical (unpaired) electrons. The zero-order chi connectivity index (χ0) is 22.4. The Balaban J connectivity index is 1.69. The molecule has 1 unspecified atom stereocenters. The van der Waals surface area contributed by atoms with Gasteiger partial charge in [-0.2, -0.15) is 5.26 Å². The maximum Gasteiger partial charge on any atom is 0.232 e. The highest BCUT2D eigenvalue weighted by molar-refractivity contribution is 7.16. The van der Waals surface area contributed by atoms with Crippen LogP contribution in [0.4, 0.5) is 9.39 Å². The van der Waals surface area contributed by atoms with Gasteiger partial charge in [-0.1, -0.05) is 24.1 Å². The first-order valence-corrected chi connectivity index (χ1v) is 12.3. The standard InChI is InChI=1S/C25H22ClFN2O2S/c26-17-7-4-8-18(27)23(17)15-12-22(31)29(19-9-5-10-20(30)24(15)19)25-16(13-28)14-6-2-1-3-11-21(14)32-25/h4,7-8,15H,1-3,5-6,9-12H2. The molecule has 1 atom stereocenters. The average Bonchev–Trinajstić information content (AvgIpc) is 2.93. The zero-order valence-corrected chi connectivity index (χ0v) is 19.1. The summed E-state index contributed by atoms with van der Waals surface area (Å²) in [5.41, 5.74) is 2.94. The number of halogens is 2. The van der Waals surface area contributed by atoms with Gasteiger partial charge in [0.1, 0.15) is 16.9 Å². The molecule has 3 aliphatic rings. The van der Waals surface area contributed by atoms with Crippen LogP contribution < -0.4 is 4.90 Å². The predicted octanol–water partition coefficient (Wildman–Crippen LogP) is 6.21. The van der Waals surface area contributed by atoms with Gasteiger partial charge in [0.25, 0.3) is 0 Å². The normalized spacial score (nSPS) is 21.2. The lowest BCUT2D eigenvalue weighted by Crippen LogP contribution is -2.40. The van der Waals surface area contributed by atoms with E-state index in [0.717, 1.165) is 37.7 Å². The molecule has 2 aromatic rings. The van der Waals surface area contributed by atoms with Crippen LogP contribution in [-0.2, 0) is 22.4 Å². The van der Waals surface area contributed by atoms with E-state index in [1.807, 2.05) is 0 Å². The number of ketones is 1. The molecule has 0 fully saturated rings. The Morgan fingerprint density at radius 2 is 1.91 bits per heavy atom. The molecular formula is C25H22ClFN2O2S. The second-order valence-corrected chi connectivity index (χ2v) is 10.1. The largest absolute Gasteiger partial charge is 0.294 e. The van der Waals surface area contributed by atoms with Crippen molar-refractivity contribution in [2.75, 3.05) is 4.90 Å². The van der Waals surface area contributed by atoms with Gasteiger partial charge in [0, 0.05) is 45.5 Å². The summed E-state index contributed by atoms with van der Waals surface area (Å²) in [6.45, 7) is 0. The van der Waals surface area contributed by atoms with Crippen molar-refractivity contribution in [2.24, 2.45) is 0 Å². The van der Waals surface area contributed by atoms with Crippen molar-refractivity contribution in [3.8, 4) is 6.07 Å². The first-order valence-electron chi connectivity index (χ1n) is 11.1. The van der Waals surface area contributed by atoms with Gasteiger partial charge in [0.15, 0.2) is 5.78 Å². The first-order chi connectivity index (χ1) is 15.5. The second kappa shape index (κ2) is 8.46. The molecule has 1 amide bonds. The van der Waals surface area contributed by atoms with E-state index in [1.165, 1.54) is 28.3 Å². The molecule has 1 aliphatic heterocycles. The number of fused-ring (bicyclic) bond motifs is 1. The molecule has 4 nitrogen and oxygen atoms in total. The summed E-state index contributed by atoms with van der Waals surface area (Å²) < 4.78 is 14.8. The Bertz CT molecular complexity index is 1190. The number of nitriles is 1. The molecule has 1 aromatic carbocycles. The first kappa shape index (κ1) is 21.4. The highest BCUT2D eigenvalue weighted by Crippen LogP contribution is 2.49. The minimum absolute atomic E-state index is 0.0430. The Morgan fingerprint density at radius 3 is 2.69 bits per heavy atom. The molecule has 0 N–H and O–H groups in total. The number of aryl methyl sites for hydroxylation is 1. The van der Waals surface area contributed by atoms with Crippen molar-refractivity contribution in [3.05, 3.63) is 61.9 Å². The van der Waals surface area contributed by atoms with Gasteiger partial charge in [0.05, 0.1) is 5.56 Å². The number of rotatable bonds is 2. The number of allylic oxidation sites excluding steroid dienone is 2. The Morgan fingerprint density at radius 1 is 1.09 bits per heavy atom. The van der Waals surface area contributed by atoms with Crippen LogP contribution in [0.15, 0.2) is 29.5 Å². The molecule has 32 heavy (non-hydrogen) atoms. The number of nitrogens with zero attached hydrogens (tertiary/aromatic N) is 2. The van der Waals surface area contributed by atoms with E-state index in [4.69, 9.17) is 11.6 Å². The molecule has 1 aromatic heterocycles. The highest BCUT2D eigenvalue weighted by Gasteiger charge is 2.42. The van der Waals surface area contributed by atoms with Crippen LogP contribution in [0.1, 0.15) is 72.4 Å². The lowest BCUT2D eigenvalue weighted by atomic mass is 9.77. The van der Waals surface area contributed by atoms with Crippen molar-refractivity contribution >= 4 is 39.6 Å². The molecule has 7 heteroatoms. The van der Waals surface area contributed by atoms with Crippen LogP contribution in [-0.4, -0.2) is 11.7 Å². The van der Waals surface area contributed by atoms with Crippen LogP contribution in [0.2, 0.25) is 5.02 Å². The smallest absolute Gasteiger partial charge is 0.232 e. The third kappa shape index (κ3) is 3.39. The number of hydrogen-bond acceptors (Lipinski definition) is 4. The topological polar surface area (TPSA) is 61.2 Å². The SMILES string of the molecule is N#Cc1c(N2C(=O)CC(c3c(F)cccc3Cl)C3=C2CCCC3=O)sc2c1CCCCC2. The van der Waals surface area contributed by atoms with E-state index in [9.17, 15) is 19.2 Å². The fourth-order valence-corrected chi connectivity index (χ4v) is 7.00. The number of thiophene rings is 1. The van der Waals surface area contributed by atoms with E-state index in [2.05, 4.69) is 6.07 Å². The van der Waals surface area contributed by atoms with Gasteiger partial charge in [-0.3, -0.25) is 14.5 Å². The lowest BCUT2D eigenvalue weighted by molar-refractivity contribution is -0.119. The number of amides is 1. The maximum absolute atomic E-state index is 14.8. The quantitative estimate of drug-likeness (QED) is 0.492. The highest BCUT2D eigenvalue weighted by atomic mass is 35.5. The molecule has 5 rings (SSSR count). The molecule has 0 saturated heterocycles. The number of hydrogen-bond donors (Lipinski definition) is 0. The molecule has 2 aliphatic carbocycles. The number of carbonyl (C=O) groups is 2. The van der Waals surface area contributed by atoms with Crippen LogP contribution >= 0.6 is 22.9 Å². The van der Waals surface area contributed by atoms with Crippen molar-refractivity contribution in [2.45, 2.75) is 63.7 Å². The summed E-state index contributed by atoms with van der Waals surface area (Å²) in [6.07, 6.45) is 6.50. The summed E-state index contributed by atoms with van der Waals surface area (Å²) >= 11 is 7.84. The summed E-state index contributed by atoms with van der Waals surface area (Å²) in [7, 11) is 0. The second-order valence-electron chi connectivity index (χ2n) is 8.61. The molecule has 164 valence electrons. The minimum Gasteiger partial charge on any atom is -0.294 e. The number of Topliss-reactive ketones (excluding diaryl/α,β-unsaturated/α-hetero) is 1. The van der Waals surface area contributed by atoms with Crippen molar-refractivity contribution in [1.82, 2.24) is 0 Å². The monoisotopic (exact) mass is 468 g/mol. The Labute approximate surface area is 195 Å². The number of benzene rings is 1. The predicted molar refractivity (Wildman–Crippen MR) is 122 cm³/mol. The Kier molecular flexibility index (Phi) is 5.65. The molecule has 2 heterocycles. The van der Waals surface area contributed by atoms with Gasteiger partial charge < -0.3 is 0 Å². The third-order valence-electron chi connectivity index (χ3n) is 6.74. The van der Waals surface area contributed by atoms with Crippen molar-refractivity contribution in [1.29, 1.82) is 5.26 Å². The van der Waals surface area contributed by atoms with E-state index in [1.54, 1.807) is 11.0 Å². The number of carbonyl (C=O) groups excluding carboxylic acids is 2. The van der Waals surface area contributed by atoms with Crippen LogP contribution in [0.3, 0.4) is 0 Å². The van der Waals surface area contributed by atoms with E-state index in [0.29, 0.717) is 41.1 Å². The summed E-state index contributed by atoms with van der Waals surface area (Å²) in [6, 6.07) is 6.77. The van der Waals surface area contributed by atoms with Crippen LogP contribution in [0.25, 0.3) is 0 Å². The van der Waals surface area contributed by atoms with Gasteiger partial charge in [0.2, 0.25) is 5.91 Å². The van der Waals surface area contributed by atoms with Crippen molar-refractivity contribution < 1.29 is 14.0 Å². The summed E-state index contributed by atoms with van der Waals surface area (Å²) in [4.78, 5) is 29.4. The molecular weight excluding hydrogens is 447 g/mol.